The van der Waals surface area contributed by atoms with Gasteiger partial charge in [0.25, 0.3) is 11.5 Å². The van der Waals surface area contributed by atoms with Crippen LogP contribution in [0.4, 0.5) is 4.39 Å². The maximum atomic E-state index is 14.5. The van der Waals surface area contributed by atoms with Gasteiger partial charge in [0.05, 0.1) is 23.3 Å². The average molecular weight is 439 g/mol. The highest BCUT2D eigenvalue weighted by atomic mass is 19.1. The molecule has 1 fully saturated rings. The number of aromatic nitrogens is 2. The van der Waals surface area contributed by atoms with Crippen LogP contribution in [-0.4, -0.2) is 59.4 Å². The number of fused-ring (bicyclic) bond motifs is 1. The zero-order valence-corrected chi connectivity index (χ0v) is 18.2. The Labute approximate surface area is 185 Å². The highest BCUT2D eigenvalue weighted by Crippen LogP contribution is 2.21. The van der Waals surface area contributed by atoms with Gasteiger partial charge in [-0.25, -0.2) is 9.49 Å². The van der Waals surface area contributed by atoms with Gasteiger partial charge >= 0.3 is 0 Å². The van der Waals surface area contributed by atoms with Gasteiger partial charge in [-0.15, -0.1) is 0 Å². The van der Waals surface area contributed by atoms with Gasteiger partial charge in [0, 0.05) is 43.6 Å². The highest BCUT2D eigenvalue weighted by molar-refractivity contribution is 5.95. The van der Waals surface area contributed by atoms with Crippen molar-refractivity contribution >= 4 is 16.7 Å². The molecule has 2 aromatic carbocycles. The van der Waals surface area contributed by atoms with Crippen molar-refractivity contribution in [2.24, 2.45) is 0 Å². The summed E-state index contributed by atoms with van der Waals surface area (Å²) in [7, 11) is 0. The fourth-order valence-electron chi connectivity index (χ4n) is 4.01. The van der Waals surface area contributed by atoms with Gasteiger partial charge in [-0.05, 0) is 37.6 Å². The van der Waals surface area contributed by atoms with Crippen LogP contribution in [0.2, 0.25) is 0 Å². The topological polar surface area (TPSA) is 87.3 Å². The molecule has 168 valence electrons. The molecule has 1 aliphatic heterocycles. The number of hydrogen-bond donors (Lipinski definition) is 2. The zero-order valence-electron chi connectivity index (χ0n) is 18.2. The predicted octanol–water partition coefficient (Wildman–Crippen LogP) is 2.49. The number of halogens is 1. The van der Waals surface area contributed by atoms with Crippen LogP contribution in [0.15, 0.2) is 47.3 Å². The van der Waals surface area contributed by atoms with Crippen molar-refractivity contribution in [3.63, 3.8) is 0 Å². The Morgan fingerprint density at radius 2 is 2.03 bits per heavy atom. The Morgan fingerprint density at radius 3 is 2.78 bits per heavy atom. The molecular formula is C24H27FN4O3. The van der Waals surface area contributed by atoms with E-state index in [2.05, 4.69) is 15.5 Å². The standard InChI is InChI=1S/C24H27FN4O3/c1-3-32-14-15(2)26-17-12-29(13-17)24(31)20-10-16(8-9-21(20)25)11-22-18-6-4-5-7-19(18)23(30)28-27-22/h4-10,15,17,26H,3,11-14H2,1-2H3,(H,28,30)/t15-/m1/s1. The van der Waals surface area contributed by atoms with Gasteiger partial charge in [0.15, 0.2) is 0 Å². The molecule has 1 aromatic heterocycles. The largest absolute Gasteiger partial charge is 0.380 e. The number of hydrogen-bond acceptors (Lipinski definition) is 5. The van der Waals surface area contributed by atoms with Crippen molar-refractivity contribution < 1.29 is 13.9 Å². The summed E-state index contributed by atoms with van der Waals surface area (Å²) in [5.41, 5.74) is 1.22. The molecule has 1 atom stereocenters. The SMILES string of the molecule is CCOC[C@@H](C)NC1CN(C(=O)c2cc(Cc3n[nH]c(=O)c4ccccc34)ccc2F)C1. The van der Waals surface area contributed by atoms with Crippen LogP contribution in [0.3, 0.4) is 0 Å². The molecule has 0 saturated carbocycles. The number of carbonyl (C=O) groups excluding carboxylic acids is 1. The van der Waals surface area contributed by atoms with Crippen LogP contribution >= 0.6 is 0 Å². The van der Waals surface area contributed by atoms with E-state index in [1.807, 2.05) is 26.0 Å². The lowest BCUT2D eigenvalue weighted by Gasteiger charge is -2.41. The minimum atomic E-state index is -0.542. The first-order chi connectivity index (χ1) is 15.5. The molecule has 0 bridgehead atoms. The Morgan fingerprint density at radius 1 is 1.28 bits per heavy atom. The van der Waals surface area contributed by atoms with Crippen molar-refractivity contribution in [1.82, 2.24) is 20.4 Å². The minimum Gasteiger partial charge on any atom is -0.380 e. The average Bonchev–Trinajstić information content (AvgIpc) is 2.77. The second-order valence-electron chi connectivity index (χ2n) is 8.17. The van der Waals surface area contributed by atoms with Crippen LogP contribution < -0.4 is 10.9 Å². The first kappa shape index (κ1) is 22.1. The summed E-state index contributed by atoms with van der Waals surface area (Å²) in [5.74, 6) is -0.863. The van der Waals surface area contributed by atoms with E-state index in [0.717, 1.165) is 10.9 Å². The first-order valence-electron chi connectivity index (χ1n) is 10.8. The Bertz CT molecular complexity index is 1170. The molecule has 0 spiro atoms. The van der Waals surface area contributed by atoms with Gasteiger partial charge < -0.3 is 15.0 Å². The van der Waals surface area contributed by atoms with E-state index in [9.17, 15) is 14.0 Å². The summed E-state index contributed by atoms with van der Waals surface area (Å²) in [4.78, 5) is 26.5. The Kier molecular flexibility index (Phi) is 6.62. The lowest BCUT2D eigenvalue weighted by atomic mass is 10.0. The van der Waals surface area contributed by atoms with Crippen LogP contribution in [0.25, 0.3) is 10.8 Å². The molecule has 3 aromatic rings. The number of rotatable bonds is 8. The highest BCUT2D eigenvalue weighted by Gasteiger charge is 2.33. The molecule has 2 N–H and O–H groups in total. The summed E-state index contributed by atoms with van der Waals surface area (Å²) >= 11 is 0. The molecule has 0 aliphatic carbocycles. The number of H-pyrrole nitrogens is 1. The summed E-state index contributed by atoms with van der Waals surface area (Å²) < 4.78 is 19.9. The van der Waals surface area contributed by atoms with Crippen LogP contribution in [0.5, 0.6) is 0 Å². The quantitative estimate of drug-likeness (QED) is 0.564. The summed E-state index contributed by atoms with van der Waals surface area (Å²) in [6.45, 7) is 6.34. The molecule has 2 heterocycles. The number of amides is 1. The van der Waals surface area contributed by atoms with Gasteiger partial charge in [-0.1, -0.05) is 24.3 Å². The monoisotopic (exact) mass is 438 g/mol. The third kappa shape index (κ3) is 4.71. The second kappa shape index (κ2) is 9.58. The summed E-state index contributed by atoms with van der Waals surface area (Å²) in [6.07, 6.45) is 0.372. The second-order valence-corrected chi connectivity index (χ2v) is 8.17. The lowest BCUT2D eigenvalue weighted by molar-refractivity contribution is 0.0512. The maximum Gasteiger partial charge on any atom is 0.272 e. The van der Waals surface area contributed by atoms with E-state index >= 15 is 0 Å². The molecule has 1 aliphatic rings. The Balaban J connectivity index is 1.46. The molecule has 1 saturated heterocycles. The lowest BCUT2D eigenvalue weighted by Crippen LogP contribution is -2.61. The number of likely N-dealkylation sites (tertiary alicyclic amines) is 1. The van der Waals surface area contributed by atoms with Crippen LogP contribution in [0.1, 0.15) is 35.5 Å². The fraction of sp³-hybridized carbons (Fsp3) is 0.375. The van der Waals surface area contributed by atoms with Gasteiger partial charge in [0.1, 0.15) is 5.82 Å². The Hall–Kier alpha value is -3.10. The fourth-order valence-corrected chi connectivity index (χ4v) is 4.01. The van der Waals surface area contributed by atoms with E-state index in [-0.39, 0.29) is 29.1 Å². The van der Waals surface area contributed by atoms with E-state index in [0.29, 0.717) is 43.8 Å². The first-order valence-corrected chi connectivity index (χ1v) is 10.8. The smallest absolute Gasteiger partial charge is 0.272 e. The molecule has 4 rings (SSSR count). The normalized spacial score (nSPS) is 15.0. The van der Waals surface area contributed by atoms with E-state index < -0.39 is 5.82 Å². The summed E-state index contributed by atoms with van der Waals surface area (Å²) in [5, 5.41) is 11.4. The number of aromatic amines is 1. The number of benzene rings is 2. The van der Waals surface area contributed by atoms with Gasteiger partial charge in [-0.2, -0.15) is 5.10 Å². The van der Waals surface area contributed by atoms with Crippen molar-refractivity contribution in [2.75, 3.05) is 26.3 Å². The van der Waals surface area contributed by atoms with Crippen molar-refractivity contribution in [2.45, 2.75) is 32.4 Å². The number of ether oxygens (including phenoxy) is 1. The third-order valence-corrected chi connectivity index (χ3v) is 5.67. The van der Waals surface area contributed by atoms with Gasteiger partial charge in [-0.3, -0.25) is 9.59 Å². The third-order valence-electron chi connectivity index (χ3n) is 5.67. The molecule has 0 unspecified atom stereocenters. The number of nitrogens with zero attached hydrogens (tertiary/aromatic N) is 2. The summed E-state index contributed by atoms with van der Waals surface area (Å²) in [6, 6.07) is 12.1. The van der Waals surface area contributed by atoms with Crippen LogP contribution in [-0.2, 0) is 11.2 Å². The predicted molar refractivity (Wildman–Crippen MR) is 120 cm³/mol. The molecular weight excluding hydrogens is 411 g/mol. The van der Waals surface area contributed by atoms with Crippen molar-refractivity contribution in [3.8, 4) is 0 Å². The van der Waals surface area contributed by atoms with E-state index in [1.165, 1.54) is 6.07 Å². The van der Waals surface area contributed by atoms with E-state index in [1.54, 1.807) is 29.2 Å². The molecule has 7 nitrogen and oxygen atoms in total. The van der Waals surface area contributed by atoms with Gasteiger partial charge in [0.2, 0.25) is 0 Å². The maximum absolute atomic E-state index is 14.5. The number of carbonyl (C=O) groups is 1. The molecule has 8 heteroatoms. The molecule has 1 amide bonds. The van der Waals surface area contributed by atoms with E-state index in [4.69, 9.17) is 4.74 Å². The molecule has 0 radical (unpaired) electrons. The van der Waals surface area contributed by atoms with Crippen molar-refractivity contribution in [1.29, 1.82) is 0 Å². The zero-order chi connectivity index (χ0) is 22.7. The van der Waals surface area contributed by atoms with Crippen LogP contribution in [0, 0.1) is 5.82 Å². The number of nitrogens with one attached hydrogen (secondary N) is 2. The minimum absolute atomic E-state index is 0.0528. The molecule has 32 heavy (non-hydrogen) atoms. The van der Waals surface area contributed by atoms with Crippen molar-refractivity contribution in [3.05, 3.63) is 75.5 Å².